The number of fused-ring (bicyclic) bond motifs is 3. The summed E-state index contributed by atoms with van der Waals surface area (Å²) >= 11 is 0. The van der Waals surface area contributed by atoms with E-state index in [9.17, 15) is 5.11 Å². The Labute approximate surface area is 84.8 Å². The van der Waals surface area contributed by atoms with Gasteiger partial charge >= 0.3 is 0 Å². The van der Waals surface area contributed by atoms with E-state index < -0.39 is 0 Å². The first-order valence-corrected chi connectivity index (χ1v) is 5.60. The second-order valence-corrected chi connectivity index (χ2v) is 4.70. The predicted molar refractivity (Wildman–Crippen MR) is 56.8 cm³/mol. The highest BCUT2D eigenvalue weighted by molar-refractivity contribution is 5.41. The Morgan fingerprint density at radius 2 is 2.14 bits per heavy atom. The van der Waals surface area contributed by atoms with Crippen LogP contribution < -0.4 is 0 Å². The third kappa shape index (κ3) is 1.19. The smallest absolute Gasteiger partial charge is 0.0577 e. The number of allylic oxidation sites excluding steroid dienone is 5. The summed E-state index contributed by atoms with van der Waals surface area (Å²) in [5.74, 6) is 1.48. The third-order valence-corrected chi connectivity index (χ3v) is 3.84. The van der Waals surface area contributed by atoms with Gasteiger partial charge in [-0.05, 0) is 43.1 Å². The highest BCUT2D eigenvalue weighted by atomic mass is 16.3. The van der Waals surface area contributed by atoms with Gasteiger partial charge in [0.25, 0.3) is 0 Å². The zero-order valence-electron chi connectivity index (χ0n) is 8.32. The topological polar surface area (TPSA) is 20.2 Å². The van der Waals surface area contributed by atoms with Crippen molar-refractivity contribution in [3.8, 4) is 0 Å². The molecule has 1 nitrogen and oxygen atoms in total. The molecule has 1 N–H and O–H groups in total. The van der Waals surface area contributed by atoms with E-state index in [1.54, 1.807) is 0 Å². The lowest BCUT2D eigenvalue weighted by Crippen LogP contribution is -2.23. The van der Waals surface area contributed by atoms with Crippen LogP contribution in [-0.4, -0.2) is 11.2 Å². The van der Waals surface area contributed by atoms with Crippen molar-refractivity contribution in [2.24, 2.45) is 11.8 Å². The van der Waals surface area contributed by atoms with Crippen molar-refractivity contribution in [2.75, 3.05) is 0 Å². The molecule has 1 saturated carbocycles. The van der Waals surface area contributed by atoms with Crippen LogP contribution in [0.3, 0.4) is 0 Å². The van der Waals surface area contributed by atoms with Gasteiger partial charge in [0.1, 0.15) is 0 Å². The second-order valence-electron chi connectivity index (χ2n) is 4.70. The number of rotatable bonds is 0. The predicted octanol–water partition coefficient (Wildman–Crippen LogP) is 2.59. The van der Waals surface area contributed by atoms with Gasteiger partial charge in [-0.2, -0.15) is 0 Å². The van der Waals surface area contributed by atoms with E-state index in [0.717, 1.165) is 24.7 Å². The maximum absolute atomic E-state index is 9.61. The summed E-state index contributed by atoms with van der Waals surface area (Å²) in [5.41, 5.74) is 3.00. The Bertz CT molecular complexity index is 335. The fourth-order valence-electron chi connectivity index (χ4n) is 3.14. The fourth-order valence-corrected chi connectivity index (χ4v) is 3.14. The standard InChI is InChI=1S/C13H16O/c14-11-5-6-13-10(8-11)7-9-3-1-2-4-12(9)13/h1-3,7,11-14H,4-6,8H2. The van der Waals surface area contributed by atoms with Crippen LogP contribution in [0.1, 0.15) is 25.7 Å². The molecule has 3 aliphatic rings. The van der Waals surface area contributed by atoms with Crippen LogP contribution >= 0.6 is 0 Å². The molecule has 0 aromatic heterocycles. The highest BCUT2D eigenvalue weighted by Gasteiger charge is 2.36. The van der Waals surface area contributed by atoms with Crippen molar-refractivity contribution in [1.82, 2.24) is 0 Å². The largest absolute Gasteiger partial charge is 0.393 e. The van der Waals surface area contributed by atoms with Crippen LogP contribution in [0, 0.1) is 11.8 Å². The molecule has 3 rings (SSSR count). The average molecular weight is 188 g/mol. The SMILES string of the molecule is OC1CCC2C(=CC3=CC=CCC32)C1. The summed E-state index contributed by atoms with van der Waals surface area (Å²) < 4.78 is 0. The Kier molecular flexibility index (Phi) is 1.88. The van der Waals surface area contributed by atoms with Gasteiger partial charge in [-0.25, -0.2) is 0 Å². The molecule has 0 aromatic carbocycles. The molecule has 0 saturated heterocycles. The van der Waals surface area contributed by atoms with Crippen molar-refractivity contribution in [3.63, 3.8) is 0 Å². The van der Waals surface area contributed by atoms with E-state index in [4.69, 9.17) is 0 Å². The Balaban J connectivity index is 1.92. The third-order valence-electron chi connectivity index (χ3n) is 3.84. The van der Waals surface area contributed by atoms with Crippen molar-refractivity contribution in [2.45, 2.75) is 31.8 Å². The number of aliphatic hydroxyl groups is 1. The van der Waals surface area contributed by atoms with Crippen LogP contribution in [0.2, 0.25) is 0 Å². The Morgan fingerprint density at radius 3 is 3.07 bits per heavy atom. The average Bonchev–Trinajstić information content (AvgIpc) is 2.54. The van der Waals surface area contributed by atoms with Crippen LogP contribution in [0.5, 0.6) is 0 Å². The van der Waals surface area contributed by atoms with Gasteiger partial charge in [0.2, 0.25) is 0 Å². The van der Waals surface area contributed by atoms with Crippen molar-refractivity contribution < 1.29 is 5.11 Å². The molecule has 0 radical (unpaired) electrons. The number of aliphatic hydroxyl groups excluding tert-OH is 1. The van der Waals surface area contributed by atoms with Crippen molar-refractivity contribution in [3.05, 3.63) is 35.5 Å². The summed E-state index contributed by atoms with van der Waals surface area (Å²) in [7, 11) is 0. The normalized spacial score (nSPS) is 39.9. The second kappa shape index (κ2) is 3.09. The number of hydrogen-bond donors (Lipinski definition) is 1. The highest BCUT2D eigenvalue weighted by Crippen LogP contribution is 2.46. The molecule has 1 heteroatoms. The minimum atomic E-state index is -0.0776. The maximum atomic E-state index is 9.61. The van der Waals surface area contributed by atoms with Gasteiger partial charge in [-0.15, -0.1) is 0 Å². The number of hydrogen-bond acceptors (Lipinski definition) is 1. The summed E-state index contributed by atoms with van der Waals surface area (Å²) in [6.45, 7) is 0. The van der Waals surface area contributed by atoms with E-state index in [-0.39, 0.29) is 6.10 Å². The van der Waals surface area contributed by atoms with Gasteiger partial charge in [0, 0.05) is 0 Å². The molecule has 3 atom stereocenters. The summed E-state index contributed by atoms with van der Waals surface area (Å²) in [6.07, 6.45) is 13.2. The van der Waals surface area contributed by atoms with Gasteiger partial charge in [0.15, 0.2) is 0 Å². The molecule has 0 spiro atoms. The van der Waals surface area contributed by atoms with E-state index in [0.29, 0.717) is 0 Å². The van der Waals surface area contributed by atoms with Gasteiger partial charge in [0.05, 0.1) is 6.10 Å². The molecule has 0 bridgehead atoms. The monoisotopic (exact) mass is 188 g/mol. The first-order valence-electron chi connectivity index (χ1n) is 5.60. The molecule has 74 valence electrons. The zero-order valence-corrected chi connectivity index (χ0v) is 8.32. The summed E-state index contributed by atoms with van der Waals surface area (Å²) in [6, 6.07) is 0. The van der Waals surface area contributed by atoms with Crippen LogP contribution in [0.4, 0.5) is 0 Å². The minimum Gasteiger partial charge on any atom is -0.393 e. The van der Waals surface area contributed by atoms with Crippen molar-refractivity contribution >= 4 is 0 Å². The van der Waals surface area contributed by atoms with Gasteiger partial charge in [-0.1, -0.05) is 29.9 Å². The molecular weight excluding hydrogens is 172 g/mol. The lowest BCUT2D eigenvalue weighted by Gasteiger charge is -2.30. The van der Waals surface area contributed by atoms with E-state index in [1.165, 1.54) is 24.0 Å². The van der Waals surface area contributed by atoms with Gasteiger partial charge < -0.3 is 5.11 Å². The lowest BCUT2D eigenvalue weighted by atomic mass is 9.76. The zero-order chi connectivity index (χ0) is 9.54. The molecule has 1 fully saturated rings. The molecule has 14 heavy (non-hydrogen) atoms. The van der Waals surface area contributed by atoms with Crippen LogP contribution in [0.25, 0.3) is 0 Å². The van der Waals surface area contributed by atoms with Crippen LogP contribution in [-0.2, 0) is 0 Å². The quantitative estimate of drug-likeness (QED) is 0.619. The van der Waals surface area contributed by atoms with E-state index >= 15 is 0 Å². The molecule has 3 unspecified atom stereocenters. The Hall–Kier alpha value is -0.820. The maximum Gasteiger partial charge on any atom is 0.0577 e. The molecule has 0 aromatic rings. The van der Waals surface area contributed by atoms with E-state index in [2.05, 4.69) is 24.3 Å². The molecule has 0 heterocycles. The Morgan fingerprint density at radius 1 is 1.21 bits per heavy atom. The first-order chi connectivity index (χ1) is 6.84. The van der Waals surface area contributed by atoms with E-state index in [1.807, 2.05) is 0 Å². The first kappa shape index (κ1) is 8.49. The molecule has 3 aliphatic carbocycles. The minimum absolute atomic E-state index is 0.0776. The van der Waals surface area contributed by atoms with Crippen LogP contribution in [0.15, 0.2) is 35.5 Å². The summed E-state index contributed by atoms with van der Waals surface area (Å²) in [5, 5.41) is 9.61. The van der Waals surface area contributed by atoms with Crippen molar-refractivity contribution in [1.29, 1.82) is 0 Å². The summed E-state index contributed by atoms with van der Waals surface area (Å²) in [4.78, 5) is 0. The molecule has 0 aliphatic heterocycles. The fraction of sp³-hybridized carbons (Fsp3) is 0.538. The molecule has 0 amide bonds. The molecular formula is C13H16O. The van der Waals surface area contributed by atoms with Gasteiger partial charge in [-0.3, -0.25) is 0 Å². The lowest BCUT2D eigenvalue weighted by molar-refractivity contribution is 0.131.